The molecule has 5 nitrogen and oxygen atoms in total. The van der Waals surface area contributed by atoms with Gasteiger partial charge in [-0.2, -0.15) is 12.6 Å². The quantitative estimate of drug-likeness (QED) is 0.390. The number of hydrogen-bond donors (Lipinski definition) is 2. The van der Waals surface area contributed by atoms with Gasteiger partial charge in [0.05, 0.1) is 5.52 Å². The second kappa shape index (κ2) is 14.8. The molecule has 1 N–H and O–H groups in total. The highest BCUT2D eigenvalue weighted by atomic mass is 32.1. The van der Waals surface area contributed by atoms with Gasteiger partial charge in [0.2, 0.25) is 0 Å². The fraction of sp³-hybridized carbons (Fsp3) is 0.208. The van der Waals surface area contributed by atoms with Crippen LogP contribution in [0.5, 0.6) is 0 Å². The highest BCUT2D eigenvalue weighted by Crippen LogP contribution is 2.30. The van der Waals surface area contributed by atoms with E-state index in [1.54, 1.807) is 0 Å². The molecule has 0 aliphatic carbocycles. The molecule has 0 unspecified atom stereocenters. The van der Waals surface area contributed by atoms with Crippen LogP contribution in [0.1, 0.15) is 32.0 Å². The average Bonchev–Trinajstić information content (AvgIpc) is 3.15. The van der Waals surface area contributed by atoms with Crippen LogP contribution in [-0.2, 0) is 16.6 Å². The number of nitrogens with zero attached hydrogens (tertiary/aromatic N) is 2. The Hall–Kier alpha value is -3.12. The Morgan fingerprint density at radius 2 is 1.70 bits per heavy atom. The van der Waals surface area contributed by atoms with Crippen molar-refractivity contribution in [3.05, 3.63) is 71.4 Å². The Balaban J connectivity index is 0.00000129. The molecular weight excluding hydrogens is 394 g/mol. The van der Waals surface area contributed by atoms with Crippen LogP contribution < -0.4 is 5.32 Å². The van der Waals surface area contributed by atoms with Crippen molar-refractivity contribution in [1.82, 2.24) is 9.55 Å². The largest absolute Gasteiger partial charge is 0.343 e. The monoisotopic (exact) mass is 425 g/mol. The number of aromatic nitrogens is 2. The van der Waals surface area contributed by atoms with Crippen LogP contribution in [0.2, 0.25) is 0 Å². The van der Waals surface area contributed by atoms with Crippen molar-refractivity contribution in [3.63, 3.8) is 0 Å². The van der Waals surface area contributed by atoms with Gasteiger partial charge in [0.25, 0.3) is 0 Å². The maximum absolute atomic E-state index is 8.00. The Bertz CT molecular complexity index is 958. The third kappa shape index (κ3) is 6.74. The van der Waals surface area contributed by atoms with Gasteiger partial charge < -0.3 is 19.5 Å². The van der Waals surface area contributed by atoms with Gasteiger partial charge >= 0.3 is 0 Å². The summed E-state index contributed by atoms with van der Waals surface area (Å²) < 4.78 is 2.17. The summed E-state index contributed by atoms with van der Waals surface area (Å²) in [6, 6.07) is 12.5. The van der Waals surface area contributed by atoms with Gasteiger partial charge in [-0.05, 0) is 43.5 Å². The maximum atomic E-state index is 8.00. The third-order valence-electron chi connectivity index (χ3n) is 4.07. The van der Waals surface area contributed by atoms with E-state index in [0.717, 1.165) is 33.7 Å². The zero-order valence-corrected chi connectivity index (χ0v) is 19.2. The van der Waals surface area contributed by atoms with Gasteiger partial charge in [-0.3, -0.25) is 0 Å². The van der Waals surface area contributed by atoms with Gasteiger partial charge in [0, 0.05) is 35.6 Å². The lowest BCUT2D eigenvalue weighted by Crippen LogP contribution is -1.95. The molecule has 0 aliphatic rings. The van der Waals surface area contributed by atoms with Crippen LogP contribution in [0.3, 0.4) is 0 Å². The molecule has 30 heavy (non-hydrogen) atoms. The van der Waals surface area contributed by atoms with Crippen molar-refractivity contribution in [2.24, 2.45) is 7.05 Å². The molecule has 160 valence electrons. The average molecular weight is 426 g/mol. The number of thiol groups is 1. The Morgan fingerprint density at radius 1 is 1.10 bits per heavy atom. The standard InChI is InChI=1S/C20H21N3S.C2H6.2CH2O/c1-4-5-15(13-24)19-12-17-18(23(19)3)10-11-21-20(17)22-16-8-6-14(2)7-9-16;3*1-2/h4-13,24H,1-3H3,(H,21,22);1-2H3;2*1H2/b5-4-,15-13+;;;. The minimum atomic E-state index is 0.859. The summed E-state index contributed by atoms with van der Waals surface area (Å²) in [5.41, 5.74) is 5.58. The lowest BCUT2D eigenvalue weighted by atomic mass is 10.2. The fourth-order valence-electron chi connectivity index (χ4n) is 2.79. The van der Waals surface area contributed by atoms with E-state index in [9.17, 15) is 0 Å². The minimum absolute atomic E-state index is 0.859. The molecular formula is C24H31N3O2S. The molecule has 2 aromatic heterocycles. The van der Waals surface area contributed by atoms with E-state index < -0.39 is 0 Å². The lowest BCUT2D eigenvalue weighted by Gasteiger charge is -2.07. The van der Waals surface area contributed by atoms with Crippen LogP contribution >= 0.6 is 12.6 Å². The van der Waals surface area contributed by atoms with Gasteiger partial charge in [-0.15, -0.1) is 0 Å². The molecule has 0 amide bonds. The first kappa shape index (κ1) is 26.9. The number of carbonyl (C=O) groups is 2. The molecule has 0 saturated carbocycles. The zero-order chi connectivity index (χ0) is 23.1. The second-order valence-electron chi connectivity index (χ2n) is 5.76. The van der Waals surface area contributed by atoms with Crippen molar-refractivity contribution in [2.45, 2.75) is 27.7 Å². The van der Waals surface area contributed by atoms with Crippen molar-refractivity contribution >= 4 is 54.2 Å². The summed E-state index contributed by atoms with van der Waals surface area (Å²) in [5, 5.41) is 6.34. The molecule has 0 bridgehead atoms. The predicted molar refractivity (Wildman–Crippen MR) is 133 cm³/mol. The van der Waals surface area contributed by atoms with Gasteiger partial charge in [0.1, 0.15) is 19.4 Å². The number of rotatable bonds is 4. The summed E-state index contributed by atoms with van der Waals surface area (Å²) in [7, 11) is 2.06. The molecule has 0 atom stereocenters. The lowest BCUT2D eigenvalue weighted by molar-refractivity contribution is -0.0987. The number of hydrogen-bond acceptors (Lipinski definition) is 5. The van der Waals surface area contributed by atoms with E-state index in [4.69, 9.17) is 9.59 Å². The van der Waals surface area contributed by atoms with E-state index in [0.29, 0.717) is 0 Å². The number of benzene rings is 1. The summed E-state index contributed by atoms with van der Waals surface area (Å²) in [6.07, 6.45) is 5.91. The molecule has 3 aromatic rings. The molecule has 0 radical (unpaired) electrons. The summed E-state index contributed by atoms with van der Waals surface area (Å²) in [6.45, 7) is 12.1. The Kier molecular flexibility index (Phi) is 13.3. The smallest absolute Gasteiger partial charge is 0.139 e. The van der Waals surface area contributed by atoms with Crippen LogP contribution in [0.25, 0.3) is 16.5 Å². The van der Waals surface area contributed by atoms with E-state index >= 15 is 0 Å². The molecule has 2 heterocycles. The zero-order valence-electron chi connectivity index (χ0n) is 18.3. The van der Waals surface area contributed by atoms with Crippen molar-refractivity contribution < 1.29 is 9.59 Å². The molecule has 0 spiro atoms. The molecule has 0 aliphatic heterocycles. The number of aryl methyl sites for hydroxylation is 2. The van der Waals surface area contributed by atoms with Crippen LogP contribution in [0, 0.1) is 6.92 Å². The molecule has 6 heteroatoms. The first-order chi connectivity index (χ1) is 14.6. The number of nitrogens with one attached hydrogen (secondary N) is 1. The normalized spacial score (nSPS) is 10.3. The fourth-order valence-corrected chi connectivity index (χ4v) is 3.00. The van der Waals surface area contributed by atoms with Crippen LogP contribution in [0.15, 0.2) is 60.2 Å². The van der Waals surface area contributed by atoms with Crippen molar-refractivity contribution in [2.75, 3.05) is 5.32 Å². The van der Waals surface area contributed by atoms with E-state index in [-0.39, 0.29) is 0 Å². The minimum Gasteiger partial charge on any atom is -0.343 e. The number of allylic oxidation sites excluding steroid dienone is 3. The first-order valence-electron chi connectivity index (χ1n) is 9.47. The molecule has 3 rings (SSSR count). The van der Waals surface area contributed by atoms with E-state index in [1.165, 1.54) is 5.56 Å². The number of carbonyl (C=O) groups excluding carboxylic acids is 2. The van der Waals surface area contributed by atoms with E-state index in [1.807, 2.05) is 58.1 Å². The number of pyridine rings is 1. The predicted octanol–water partition coefficient (Wildman–Crippen LogP) is 6.13. The van der Waals surface area contributed by atoms with Crippen LogP contribution in [0.4, 0.5) is 11.5 Å². The Morgan fingerprint density at radius 3 is 2.23 bits per heavy atom. The highest BCUT2D eigenvalue weighted by molar-refractivity contribution is 7.83. The SMILES string of the molecule is C/C=C\C(=C/S)c1cc2c(Nc3ccc(C)cc3)nccc2n1C.C=O.C=O.CC. The van der Waals surface area contributed by atoms with Crippen molar-refractivity contribution in [1.29, 1.82) is 0 Å². The highest BCUT2D eigenvalue weighted by Gasteiger charge is 2.12. The first-order valence-corrected chi connectivity index (χ1v) is 9.99. The van der Waals surface area contributed by atoms with Gasteiger partial charge in [-0.1, -0.05) is 43.7 Å². The van der Waals surface area contributed by atoms with Crippen LogP contribution in [-0.4, -0.2) is 23.1 Å². The topological polar surface area (TPSA) is 64.0 Å². The van der Waals surface area contributed by atoms with Gasteiger partial charge in [0.15, 0.2) is 0 Å². The molecule has 0 fully saturated rings. The Labute approximate surface area is 184 Å². The van der Waals surface area contributed by atoms with Crippen molar-refractivity contribution in [3.8, 4) is 0 Å². The second-order valence-corrected chi connectivity index (χ2v) is 6.01. The molecule has 1 aromatic carbocycles. The number of fused-ring (bicyclic) bond motifs is 1. The summed E-state index contributed by atoms with van der Waals surface area (Å²) in [4.78, 5) is 20.5. The number of anilines is 2. The van der Waals surface area contributed by atoms with Gasteiger partial charge in [-0.25, -0.2) is 4.98 Å². The van der Waals surface area contributed by atoms with E-state index in [2.05, 4.69) is 77.9 Å². The summed E-state index contributed by atoms with van der Waals surface area (Å²) >= 11 is 4.35. The maximum Gasteiger partial charge on any atom is 0.139 e. The molecule has 0 saturated heterocycles. The summed E-state index contributed by atoms with van der Waals surface area (Å²) in [5.74, 6) is 0.859. The third-order valence-corrected chi connectivity index (χ3v) is 4.34.